The number of hydrogen-bond donors (Lipinski definition) is 2. The van der Waals surface area contributed by atoms with Crippen molar-refractivity contribution in [3.8, 4) is 0 Å². The van der Waals surface area contributed by atoms with Crippen LogP contribution >= 0.6 is 27.7 Å². The van der Waals surface area contributed by atoms with E-state index in [4.69, 9.17) is 4.42 Å². The Morgan fingerprint density at radius 3 is 2.91 bits per heavy atom. The van der Waals surface area contributed by atoms with Gasteiger partial charge in [-0.25, -0.2) is 4.98 Å². The average Bonchev–Trinajstić information content (AvgIpc) is 3.17. The predicted octanol–water partition coefficient (Wildman–Crippen LogP) is 4.14. The zero-order chi connectivity index (χ0) is 16.2. The fraction of sp³-hybridized carbons (Fsp3) is 0.250. The van der Waals surface area contributed by atoms with Gasteiger partial charge in [-0.05, 0) is 58.6 Å². The Labute approximate surface area is 146 Å². The number of rotatable bonds is 6. The second-order valence-corrected chi connectivity index (χ2v) is 6.82. The van der Waals surface area contributed by atoms with Gasteiger partial charge in [0.15, 0.2) is 10.4 Å². The number of fused-ring (bicyclic) bond motifs is 1. The Morgan fingerprint density at radius 2 is 2.22 bits per heavy atom. The molecule has 1 atom stereocenters. The van der Waals surface area contributed by atoms with E-state index in [9.17, 15) is 4.79 Å². The van der Waals surface area contributed by atoms with Crippen molar-refractivity contribution < 1.29 is 9.21 Å². The largest absolute Gasteiger partial charge is 0.444 e. The van der Waals surface area contributed by atoms with E-state index in [2.05, 4.69) is 31.2 Å². The van der Waals surface area contributed by atoms with Crippen molar-refractivity contribution in [2.24, 2.45) is 0 Å². The Bertz CT molecular complexity index is 781. The highest BCUT2D eigenvalue weighted by atomic mass is 79.9. The summed E-state index contributed by atoms with van der Waals surface area (Å²) >= 11 is 4.94. The lowest BCUT2D eigenvalue weighted by molar-refractivity contribution is 0.0905. The third kappa shape index (κ3) is 3.79. The number of thioether (sulfide) groups is 1. The number of aromatic amines is 1. The number of furan rings is 1. The number of para-hydroxylation sites is 2. The maximum atomic E-state index is 12.3. The molecule has 120 valence electrons. The van der Waals surface area contributed by atoms with Crippen molar-refractivity contribution in [2.75, 3.05) is 12.0 Å². The Kier molecular flexibility index (Phi) is 5.07. The van der Waals surface area contributed by atoms with Crippen LogP contribution in [0.4, 0.5) is 0 Å². The van der Waals surface area contributed by atoms with Crippen molar-refractivity contribution in [3.63, 3.8) is 0 Å². The smallest absolute Gasteiger partial charge is 0.287 e. The van der Waals surface area contributed by atoms with Crippen molar-refractivity contribution in [2.45, 2.75) is 12.5 Å². The first-order valence-electron chi connectivity index (χ1n) is 7.17. The first-order valence-corrected chi connectivity index (χ1v) is 9.36. The van der Waals surface area contributed by atoms with Crippen LogP contribution in [0.2, 0.25) is 0 Å². The standard InChI is InChI=1S/C16H16BrN3O2S/c1-23-9-8-12(20-16(21)13-6-7-14(17)22-13)15-18-10-4-2-3-5-11(10)19-15/h2-7,12H,8-9H2,1H3,(H,18,19)(H,20,21). The molecule has 0 bridgehead atoms. The highest BCUT2D eigenvalue weighted by molar-refractivity contribution is 9.10. The first kappa shape index (κ1) is 16.1. The van der Waals surface area contributed by atoms with Crippen molar-refractivity contribution >= 4 is 44.6 Å². The summed E-state index contributed by atoms with van der Waals surface area (Å²) in [6.07, 6.45) is 2.83. The van der Waals surface area contributed by atoms with Gasteiger partial charge < -0.3 is 14.7 Å². The van der Waals surface area contributed by atoms with Crippen LogP contribution in [0.3, 0.4) is 0 Å². The van der Waals surface area contributed by atoms with Gasteiger partial charge in [0.05, 0.1) is 17.1 Å². The molecule has 1 aromatic carbocycles. The monoisotopic (exact) mass is 393 g/mol. The average molecular weight is 394 g/mol. The molecule has 2 heterocycles. The molecule has 3 aromatic rings. The number of nitrogens with zero attached hydrogens (tertiary/aromatic N) is 1. The normalized spacial score (nSPS) is 12.4. The molecule has 0 saturated heterocycles. The van der Waals surface area contributed by atoms with Gasteiger partial charge in [0.25, 0.3) is 5.91 Å². The summed E-state index contributed by atoms with van der Waals surface area (Å²) < 4.78 is 5.85. The molecule has 5 nitrogen and oxygen atoms in total. The molecule has 0 fully saturated rings. The minimum atomic E-state index is -0.248. The number of benzene rings is 1. The van der Waals surface area contributed by atoms with E-state index < -0.39 is 0 Å². The van der Waals surface area contributed by atoms with E-state index in [-0.39, 0.29) is 17.7 Å². The summed E-state index contributed by atoms with van der Waals surface area (Å²) in [4.78, 5) is 20.2. The zero-order valence-electron chi connectivity index (χ0n) is 12.5. The molecule has 0 radical (unpaired) electrons. The minimum Gasteiger partial charge on any atom is -0.444 e. The molecule has 0 aliphatic rings. The van der Waals surface area contributed by atoms with Crippen LogP contribution in [0.1, 0.15) is 28.8 Å². The van der Waals surface area contributed by atoms with Gasteiger partial charge in [-0.15, -0.1) is 0 Å². The third-order valence-corrected chi connectivity index (χ3v) is 4.52. The number of H-pyrrole nitrogens is 1. The predicted molar refractivity (Wildman–Crippen MR) is 95.7 cm³/mol. The molecule has 1 amide bonds. The van der Waals surface area contributed by atoms with E-state index in [1.165, 1.54) is 0 Å². The quantitative estimate of drug-likeness (QED) is 0.659. The van der Waals surface area contributed by atoms with Gasteiger partial charge >= 0.3 is 0 Å². The molecule has 2 aromatic heterocycles. The molecule has 0 aliphatic carbocycles. The van der Waals surface area contributed by atoms with Crippen LogP contribution in [0.25, 0.3) is 11.0 Å². The number of amides is 1. The van der Waals surface area contributed by atoms with Gasteiger partial charge in [0, 0.05) is 0 Å². The highest BCUT2D eigenvalue weighted by Crippen LogP contribution is 2.21. The lowest BCUT2D eigenvalue weighted by Crippen LogP contribution is -2.29. The molecule has 2 N–H and O–H groups in total. The summed E-state index contributed by atoms with van der Waals surface area (Å²) in [7, 11) is 0. The van der Waals surface area contributed by atoms with Gasteiger partial charge in [-0.2, -0.15) is 11.8 Å². The third-order valence-electron chi connectivity index (χ3n) is 3.45. The van der Waals surface area contributed by atoms with E-state index in [0.29, 0.717) is 4.67 Å². The summed E-state index contributed by atoms with van der Waals surface area (Å²) in [5.74, 6) is 1.72. The lowest BCUT2D eigenvalue weighted by atomic mass is 10.2. The van der Waals surface area contributed by atoms with E-state index in [1.54, 1.807) is 23.9 Å². The SMILES string of the molecule is CSCCC(NC(=O)c1ccc(Br)o1)c1nc2ccccc2[nH]1. The van der Waals surface area contributed by atoms with Gasteiger partial charge in [0.2, 0.25) is 0 Å². The van der Waals surface area contributed by atoms with Crippen molar-refractivity contribution in [3.05, 3.63) is 52.7 Å². The number of nitrogens with one attached hydrogen (secondary N) is 2. The second kappa shape index (κ2) is 7.23. The summed E-state index contributed by atoms with van der Waals surface area (Å²) in [5, 5.41) is 3.00. The number of carbonyl (C=O) groups excluding carboxylic acids is 1. The van der Waals surface area contributed by atoms with Crippen LogP contribution in [-0.4, -0.2) is 27.9 Å². The molecule has 23 heavy (non-hydrogen) atoms. The molecule has 1 unspecified atom stereocenters. The van der Waals surface area contributed by atoms with Crippen LogP contribution in [0.5, 0.6) is 0 Å². The molecule has 3 rings (SSSR count). The molecule has 7 heteroatoms. The van der Waals surface area contributed by atoms with Gasteiger partial charge in [-0.3, -0.25) is 4.79 Å². The van der Waals surface area contributed by atoms with Gasteiger partial charge in [-0.1, -0.05) is 12.1 Å². The first-order chi connectivity index (χ1) is 11.2. The van der Waals surface area contributed by atoms with E-state index in [0.717, 1.165) is 29.0 Å². The van der Waals surface area contributed by atoms with Crippen LogP contribution in [0, 0.1) is 0 Å². The van der Waals surface area contributed by atoms with Crippen LogP contribution in [-0.2, 0) is 0 Å². The van der Waals surface area contributed by atoms with E-state index in [1.807, 2.05) is 30.5 Å². The number of imidazole rings is 1. The number of aromatic nitrogens is 2. The second-order valence-electron chi connectivity index (χ2n) is 5.05. The number of halogens is 1. The fourth-order valence-electron chi connectivity index (χ4n) is 2.32. The maximum absolute atomic E-state index is 12.3. The Morgan fingerprint density at radius 1 is 1.39 bits per heavy atom. The molecular weight excluding hydrogens is 378 g/mol. The number of carbonyl (C=O) groups is 1. The van der Waals surface area contributed by atoms with Crippen LogP contribution in [0.15, 0.2) is 45.5 Å². The minimum absolute atomic E-state index is 0.189. The summed E-state index contributed by atoms with van der Waals surface area (Å²) in [5.41, 5.74) is 1.86. The van der Waals surface area contributed by atoms with Crippen LogP contribution < -0.4 is 5.32 Å². The molecule has 0 saturated carbocycles. The highest BCUT2D eigenvalue weighted by Gasteiger charge is 2.20. The molecule has 0 spiro atoms. The topological polar surface area (TPSA) is 70.9 Å². The summed E-state index contributed by atoms with van der Waals surface area (Å²) in [6.45, 7) is 0. The molecule has 0 aliphatic heterocycles. The Hall–Kier alpha value is -1.73. The molecular formula is C16H16BrN3O2S. The van der Waals surface area contributed by atoms with E-state index >= 15 is 0 Å². The zero-order valence-corrected chi connectivity index (χ0v) is 14.9. The summed E-state index contributed by atoms with van der Waals surface area (Å²) in [6, 6.07) is 11.0. The van der Waals surface area contributed by atoms with Gasteiger partial charge in [0.1, 0.15) is 5.82 Å². The van der Waals surface area contributed by atoms with Crippen molar-refractivity contribution in [1.29, 1.82) is 0 Å². The van der Waals surface area contributed by atoms with Crippen molar-refractivity contribution in [1.82, 2.24) is 15.3 Å². The fourth-order valence-corrected chi connectivity index (χ4v) is 3.09. The maximum Gasteiger partial charge on any atom is 0.287 e. The number of hydrogen-bond acceptors (Lipinski definition) is 4. The lowest BCUT2D eigenvalue weighted by Gasteiger charge is -2.15. The Balaban J connectivity index is 1.83.